The molecule has 0 saturated carbocycles. The second-order valence-corrected chi connectivity index (χ2v) is 4.97. The second kappa shape index (κ2) is 5.52. The molecule has 1 aliphatic heterocycles. The summed E-state index contributed by atoms with van der Waals surface area (Å²) >= 11 is 0. The van der Waals surface area contributed by atoms with E-state index in [-0.39, 0.29) is 17.5 Å². The Bertz CT molecular complexity index is 688. The maximum absolute atomic E-state index is 13.6. The highest BCUT2D eigenvalue weighted by atomic mass is 19.1. The minimum Gasteiger partial charge on any atom is -0.385 e. The third-order valence-electron chi connectivity index (χ3n) is 3.59. The van der Waals surface area contributed by atoms with Crippen LogP contribution in [0.25, 0.3) is 0 Å². The smallest absolute Gasteiger partial charge is 0.232 e. The van der Waals surface area contributed by atoms with Crippen LogP contribution in [0.5, 0.6) is 0 Å². The number of fused-ring (bicyclic) bond motifs is 1. The van der Waals surface area contributed by atoms with Crippen molar-refractivity contribution in [3.05, 3.63) is 59.7 Å². The highest BCUT2D eigenvalue weighted by molar-refractivity contribution is 5.97. The molecule has 1 unspecified atom stereocenters. The van der Waals surface area contributed by atoms with Crippen molar-refractivity contribution >= 4 is 17.3 Å². The lowest BCUT2D eigenvalue weighted by molar-refractivity contribution is -0.117. The van der Waals surface area contributed by atoms with Crippen molar-refractivity contribution in [2.75, 3.05) is 17.2 Å². The van der Waals surface area contributed by atoms with Gasteiger partial charge in [0.25, 0.3) is 0 Å². The molecule has 1 atom stereocenters. The molecule has 2 N–H and O–H groups in total. The number of rotatable bonds is 2. The Morgan fingerprint density at radius 3 is 2.81 bits per heavy atom. The highest BCUT2D eigenvalue weighted by Gasteiger charge is 2.26. The minimum atomic E-state index is -0.773. The van der Waals surface area contributed by atoms with Gasteiger partial charge in [-0.2, -0.15) is 0 Å². The highest BCUT2D eigenvalue weighted by Crippen LogP contribution is 2.32. The fourth-order valence-corrected chi connectivity index (χ4v) is 2.55. The quantitative estimate of drug-likeness (QED) is 0.888. The molecule has 108 valence electrons. The number of hydrogen-bond donors (Lipinski definition) is 2. The first-order valence-electron chi connectivity index (χ1n) is 6.74. The van der Waals surface area contributed by atoms with Crippen LogP contribution < -0.4 is 10.6 Å². The molecular weight excluding hydrogens is 274 g/mol. The topological polar surface area (TPSA) is 41.1 Å². The maximum atomic E-state index is 13.6. The van der Waals surface area contributed by atoms with Crippen molar-refractivity contribution in [2.24, 2.45) is 0 Å². The van der Waals surface area contributed by atoms with Crippen LogP contribution in [0.15, 0.2) is 42.5 Å². The molecule has 21 heavy (non-hydrogen) atoms. The molecule has 0 aromatic heterocycles. The van der Waals surface area contributed by atoms with Crippen molar-refractivity contribution in [2.45, 2.75) is 12.3 Å². The number of nitrogens with one attached hydrogen (secondary N) is 2. The average Bonchev–Trinajstić information content (AvgIpc) is 2.49. The number of anilines is 2. The predicted molar refractivity (Wildman–Crippen MR) is 77.3 cm³/mol. The van der Waals surface area contributed by atoms with Crippen LogP contribution in [-0.2, 0) is 4.79 Å². The Kier molecular flexibility index (Phi) is 3.56. The van der Waals surface area contributed by atoms with Crippen molar-refractivity contribution < 1.29 is 13.6 Å². The molecule has 2 aromatic carbocycles. The SMILES string of the molecule is O=C(Nc1ccc(F)cc1F)C1CCNc2ccccc21. The second-order valence-electron chi connectivity index (χ2n) is 4.97. The summed E-state index contributed by atoms with van der Waals surface area (Å²) in [5, 5.41) is 5.77. The summed E-state index contributed by atoms with van der Waals surface area (Å²) in [5.74, 6) is -2.07. The van der Waals surface area contributed by atoms with E-state index in [2.05, 4.69) is 10.6 Å². The molecule has 1 amide bonds. The molecule has 0 saturated heterocycles. The van der Waals surface area contributed by atoms with Gasteiger partial charge in [0, 0.05) is 18.3 Å². The fraction of sp³-hybridized carbons (Fsp3) is 0.188. The van der Waals surface area contributed by atoms with Gasteiger partial charge in [-0.15, -0.1) is 0 Å². The Labute approximate surface area is 121 Å². The summed E-state index contributed by atoms with van der Waals surface area (Å²) < 4.78 is 26.5. The van der Waals surface area contributed by atoms with Crippen LogP contribution in [0.3, 0.4) is 0 Å². The molecule has 0 aliphatic carbocycles. The lowest BCUT2D eigenvalue weighted by Gasteiger charge is -2.25. The van der Waals surface area contributed by atoms with Gasteiger partial charge in [-0.25, -0.2) is 8.78 Å². The average molecular weight is 288 g/mol. The van der Waals surface area contributed by atoms with E-state index >= 15 is 0 Å². The number of para-hydroxylation sites is 1. The largest absolute Gasteiger partial charge is 0.385 e. The number of carbonyl (C=O) groups is 1. The van der Waals surface area contributed by atoms with E-state index < -0.39 is 11.6 Å². The molecular formula is C16H14F2N2O. The van der Waals surface area contributed by atoms with Crippen LogP contribution in [0.4, 0.5) is 20.2 Å². The number of halogens is 2. The van der Waals surface area contributed by atoms with E-state index in [0.29, 0.717) is 13.0 Å². The van der Waals surface area contributed by atoms with Crippen LogP contribution in [0, 0.1) is 11.6 Å². The lowest BCUT2D eigenvalue weighted by atomic mass is 9.90. The third kappa shape index (κ3) is 2.72. The van der Waals surface area contributed by atoms with Gasteiger partial charge in [0.05, 0.1) is 11.6 Å². The third-order valence-corrected chi connectivity index (χ3v) is 3.59. The van der Waals surface area contributed by atoms with Crippen LogP contribution >= 0.6 is 0 Å². The van der Waals surface area contributed by atoms with E-state index in [1.54, 1.807) is 0 Å². The number of amides is 1. The van der Waals surface area contributed by atoms with Gasteiger partial charge in [-0.05, 0) is 30.2 Å². The van der Waals surface area contributed by atoms with Gasteiger partial charge < -0.3 is 10.6 Å². The van der Waals surface area contributed by atoms with Crippen LogP contribution in [0.2, 0.25) is 0 Å². The summed E-state index contributed by atoms with van der Waals surface area (Å²) in [6.07, 6.45) is 0.631. The van der Waals surface area contributed by atoms with E-state index in [4.69, 9.17) is 0 Å². The molecule has 0 fully saturated rings. The predicted octanol–water partition coefficient (Wildman–Crippen LogP) is 3.50. The standard InChI is InChI=1S/C16H14F2N2O/c17-10-5-6-15(13(18)9-10)20-16(21)12-7-8-19-14-4-2-1-3-11(12)14/h1-6,9,12,19H,7-8H2,(H,20,21). The first kappa shape index (κ1) is 13.5. The molecule has 0 spiro atoms. The number of hydrogen-bond acceptors (Lipinski definition) is 2. The first-order valence-corrected chi connectivity index (χ1v) is 6.74. The number of benzene rings is 2. The molecule has 3 rings (SSSR count). The zero-order valence-corrected chi connectivity index (χ0v) is 11.2. The first-order chi connectivity index (χ1) is 10.1. The molecule has 1 heterocycles. The summed E-state index contributed by atoms with van der Waals surface area (Å²) in [5.41, 5.74) is 1.81. The van der Waals surface area contributed by atoms with Crippen molar-refractivity contribution in [3.63, 3.8) is 0 Å². The summed E-state index contributed by atoms with van der Waals surface area (Å²) in [6.45, 7) is 0.682. The molecule has 5 heteroatoms. The van der Waals surface area contributed by atoms with Gasteiger partial charge >= 0.3 is 0 Å². The summed E-state index contributed by atoms with van der Waals surface area (Å²) in [4.78, 5) is 12.4. The van der Waals surface area contributed by atoms with Crippen molar-refractivity contribution in [1.29, 1.82) is 0 Å². The molecule has 3 nitrogen and oxygen atoms in total. The normalized spacial score (nSPS) is 16.8. The molecule has 0 bridgehead atoms. The van der Waals surface area contributed by atoms with E-state index in [9.17, 15) is 13.6 Å². The van der Waals surface area contributed by atoms with Crippen LogP contribution in [0.1, 0.15) is 17.9 Å². The summed E-state index contributed by atoms with van der Waals surface area (Å²) in [7, 11) is 0. The Balaban J connectivity index is 1.83. The van der Waals surface area contributed by atoms with E-state index in [1.165, 1.54) is 6.07 Å². The molecule has 1 aliphatic rings. The maximum Gasteiger partial charge on any atom is 0.232 e. The minimum absolute atomic E-state index is 0.00239. The summed E-state index contributed by atoms with van der Waals surface area (Å²) in [6, 6.07) is 10.7. The van der Waals surface area contributed by atoms with Gasteiger partial charge in [-0.1, -0.05) is 18.2 Å². The van der Waals surface area contributed by atoms with Gasteiger partial charge in [0.2, 0.25) is 5.91 Å². The zero-order valence-electron chi connectivity index (χ0n) is 11.2. The van der Waals surface area contributed by atoms with Gasteiger partial charge in [-0.3, -0.25) is 4.79 Å². The van der Waals surface area contributed by atoms with E-state index in [1.807, 2.05) is 24.3 Å². The van der Waals surface area contributed by atoms with Crippen molar-refractivity contribution in [1.82, 2.24) is 0 Å². The number of carbonyl (C=O) groups excluding carboxylic acids is 1. The van der Waals surface area contributed by atoms with Gasteiger partial charge in [0.15, 0.2) is 0 Å². The van der Waals surface area contributed by atoms with Gasteiger partial charge in [0.1, 0.15) is 11.6 Å². The zero-order chi connectivity index (χ0) is 14.8. The molecule has 2 aromatic rings. The fourth-order valence-electron chi connectivity index (χ4n) is 2.55. The Morgan fingerprint density at radius 1 is 1.19 bits per heavy atom. The monoisotopic (exact) mass is 288 g/mol. The van der Waals surface area contributed by atoms with E-state index in [0.717, 1.165) is 23.4 Å². The lowest BCUT2D eigenvalue weighted by Crippen LogP contribution is -2.27. The Hall–Kier alpha value is -2.43. The van der Waals surface area contributed by atoms with Crippen LogP contribution in [-0.4, -0.2) is 12.5 Å². The Morgan fingerprint density at radius 2 is 2.00 bits per heavy atom. The van der Waals surface area contributed by atoms with Crippen molar-refractivity contribution in [3.8, 4) is 0 Å². The molecule has 0 radical (unpaired) electrons.